The Labute approximate surface area is 99.0 Å². The van der Waals surface area contributed by atoms with Crippen LogP contribution in [0.2, 0.25) is 0 Å². The molecule has 1 heterocycles. The Hall–Kier alpha value is -1.96. The Morgan fingerprint density at radius 2 is 2.24 bits per heavy atom. The molecule has 0 aliphatic rings. The smallest absolute Gasteiger partial charge is 0.318 e. The molecule has 0 aliphatic carbocycles. The van der Waals surface area contributed by atoms with Crippen LogP contribution in [-0.4, -0.2) is 15.1 Å². The monoisotopic (exact) mass is 255 g/mol. The maximum atomic E-state index is 13.3. The van der Waals surface area contributed by atoms with Gasteiger partial charge in [0, 0.05) is 6.92 Å². The normalized spacial score (nSPS) is 10.5. The number of aryl methyl sites for hydroxylation is 1. The van der Waals surface area contributed by atoms with Crippen LogP contribution in [0.5, 0.6) is 0 Å². The summed E-state index contributed by atoms with van der Waals surface area (Å²) in [7, 11) is 0. The molecular formula is C9H6FN3O3S. The van der Waals surface area contributed by atoms with Crippen LogP contribution in [0.25, 0.3) is 0 Å². The van der Waals surface area contributed by atoms with E-state index in [1.165, 1.54) is 12.1 Å². The van der Waals surface area contributed by atoms with Gasteiger partial charge in [0.1, 0.15) is 0 Å². The highest BCUT2D eigenvalue weighted by atomic mass is 32.2. The topological polar surface area (TPSA) is 82.1 Å². The number of halogens is 1. The van der Waals surface area contributed by atoms with E-state index < -0.39 is 16.4 Å². The van der Waals surface area contributed by atoms with Crippen molar-refractivity contribution in [1.29, 1.82) is 0 Å². The van der Waals surface area contributed by atoms with Crippen LogP contribution in [0, 0.1) is 22.9 Å². The van der Waals surface area contributed by atoms with E-state index in [4.69, 9.17) is 4.42 Å². The van der Waals surface area contributed by atoms with Gasteiger partial charge in [-0.25, -0.2) is 0 Å². The molecule has 0 atom stereocenters. The molecule has 0 saturated carbocycles. The van der Waals surface area contributed by atoms with E-state index in [1.54, 1.807) is 6.92 Å². The minimum absolute atomic E-state index is 0.124. The fraction of sp³-hybridized carbons (Fsp3) is 0.111. The van der Waals surface area contributed by atoms with Crippen LogP contribution < -0.4 is 0 Å². The Kier molecular flexibility index (Phi) is 3.05. The summed E-state index contributed by atoms with van der Waals surface area (Å²) in [5.41, 5.74) is -0.589. The van der Waals surface area contributed by atoms with Gasteiger partial charge in [0.25, 0.3) is 5.22 Å². The van der Waals surface area contributed by atoms with E-state index in [0.29, 0.717) is 5.89 Å². The third kappa shape index (κ3) is 2.41. The van der Waals surface area contributed by atoms with Crippen molar-refractivity contribution in [2.75, 3.05) is 0 Å². The Morgan fingerprint density at radius 1 is 1.47 bits per heavy atom. The summed E-state index contributed by atoms with van der Waals surface area (Å²) in [6.07, 6.45) is 0. The molecule has 17 heavy (non-hydrogen) atoms. The fourth-order valence-electron chi connectivity index (χ4n) is 1.17. The average Bonchev–Trinajstić information content (AvgIpc) is 2.63. The number of rotatable bonds is 3. The summed E-state index contributed by atoms with van der Waals surface area (Å²) in [5, 5.41) is 18.1. The maximum absolute atomic E-state index is 13.3. The lowest BCUT2D eigenvalue weighted by molar-refractivity contribution is -0.390. The second kappa shape index (κ2) is 4.50. The molecule has 2 rings (SSSR count). The predicted molar refractivity (Wildman–Crippen MR) is 56.2 cm³/mol. The summed E-state index contributed by atoms with van der Waals surface area (Å²) in [6, 6.07) is 3.83. The van der Waals surface area contributed by atoms with Crippen LogP contribution in [0.3, 0.4) is 0 Å². The van der Waals surface area contributed by atoms with Crippen molar-refractivity contribution < 1.29 is 13.7 Å². The Bertz CT molecular complexity index is 572. The first-order valence-electron chi connectivity index (χ1n) is 4.49. The fourth-order valence-corrected chi connectivity index (χ4v) is 2.02. The van der Waals surface area contributed by atoms with Crippen molar-refractivity contribution in [2.24, 2.45) is 0 Å². The molecular weight excluding hydrogens is 249 g/mol. The summed E-state index contributed by atoms with van der Waals surface area (Å²) in [6.45, 7) is 1.59. The van der Waals surface area contributed by atoms with Crippen LogP contribution in [0.15, 0.2) is 32.7 Å². The van der Waals surface area contributed by atoms with Crippen LogP contribution >= 0.6 is 11.8 Å². The number of hydrogen-bond acceptors (Lipinski definition) is 6. The van der Waals surface area contributed by atoms with Crippen molar-refractivity contribution >= 4 is 17.4 Å². The summed E-state index contributed by atoms with van der Waals surface area (Å²) in [5.74, 6) is -0.553. The lowest BCUT2D eigenvalue weighted by Crippen LogP contribution is -1.94. The molecule has 0 aliphatic heterocycles. The van der Waals surface area contributed by atoms with E-state index in [1.807, 2.05) is 0 Å². The second-order valence-corrected chi connectivity index (χ2v) is 4.03. The van der Waals surface area contributed by atoms with E-state index in [9.17, 15) is 14.5 Å². The molecule has 88 valence electrons. The minimum atomic E-state index is -0.892. The van der Waals surface area contributed by atoms with E-state index in [2.05, 4.69) is 10.2 Å². The third-order valence-corrected chi connectivity index (χ3v) is 2.73. The van der Waals surface area contributed by atoms with Crippen LogP contribution in [-0.2, 0) is 0 Å². The standard InChI is InChI=1S/C9H6FN3O3S/c1-5-11-12-9(16-5)17-7-4-2-3-6(10)8(7)13(14)15/h2-4H,1H3. The van der Waals surface area contributed by atoms with Crippen molar-refractivity contribution in [3.05, 3.63) is 40.0 Å². The highest BCUT2D eigenvalue weighted by Gasteiger charge is 2.22. The van der Waals surface area contributed by atoms with E-state index in [-0.39, 0.29) is 10.1 Å². The first kappa shape index (κ1) is 11.5. The number of nitrogens with zero attached hydrogens (tertiary/aromatic N) is 3. The number of hydrogen-bond donors (Lipinski definition) is 0. The summed E-state index contributed by atoms with van der Waals surface area (Å²) in [4.78, 5) is 10.1. The molecule has 0 radical (unpaired) electrons. The Morgan fingerprint density at radius 3 is 2.82 bits per heavy atom. The average molecular weight is 255 g/mol. The van der Waals surface area contributed by atoms with Gasteiger partial charge in [0.2, 0.25) is 11.7 Å². The molecule has 0 fully saturated rings. The third-order valence-electron chi connectivity index (χ3n) is 1.84. The number of aromatic nitrogens is 2. The zero-order chi connectivity index (χ0) is 12.4. The molecule has 0 N–H and O–H groups in total. The van der Waals surface area contributed by atoms with Crippen molar-refractivity contribution in [2.45, 2.75) is 17.0 Å². The molecule has 1 aromatic carbocycles. The first-order valence-corrected chi connectivity index (χ1v) is 5.30. The van der Waals surface area contributed by atoms with Gasteiger partial charge in [0.05, 0.1) is 9.82 Å². The number of nitro groups is 1. The van der Waals surface area contributed by atoms with Crippen LogP contribution in [0.4, 0.5) is 10.1 Å². The largest absolute Gasteiger partial charge is 0.416 e. The van der Waals surface area contributed by atoms with E-state index >= 15 is 0 Å². The van der Waals surface area contributed by atoms with Crippen molar-refractivity contribution in [3.63, 3.8) is 0 Å². The van der Waals surface area contributed by atoms with Crippen LogP contribution in [0.1, 0.15) is 5.89 Å². The highest BCUT2D eigenvalue weighted by Crippen LogP contribution is 2.35. The first-order chi connectivity index (χ1) is 8.08. The van der Waals surface area contributed by atoms with E-state index in [0.717, 1.165) is 17.8 Å². The number of nitro benzene ring substituents is 1. The second-order valence-electron chi connectivity index (χ2n) is 3.03. The molecule has 8 heteroatoms. The minimum Gasteiger partial charge on any atom is -0.416 e. The predicted octanol–water partition coefficient (Wildman–Crippen LogP) is 2.58. The molecule has 0 amide bonds. The highest BCUT2D eigenvalue weighted by molar-refractivity contribution is 7.99. The van der Waals surface area contributed by atoms with Gasteiger partial charge in [-0.3, -0.25) is 10.1 Å². The summed E-state index contributed by atoms with van der Waals surface area (Å²) < 4.78 is 18.3. The van der Waals surface area contributed by atoms with Gasteiger partial charge in [-0.15, -0.1) is 10.2 Å². The molecule has 0 spiro atoms. The SMILES string of the molecule is Cc1nnc(Sc2cccc(F)c2[N+](=O)[O-])o1. The van der Waals surface area contributed by atoms with Gasteiger partial charge in [-0.05, 0) is 23.9 Å². The molecule has 2 aromatic rings. The van der Waals surface area contributed by atoms with Crippen molar-refractivity contribution in [1.82, 2.24) is 10.2 Å². The van der Waals surface area contributed by atoms with Gasteiger partial charge in [-0.1, -0.05) is 6.07 Å². The molecule has 0 saturated heterocycles. The Balaban J connectivity index is 2.39. The quantitative estimate of drug-likeness (QED) is 0.619. The lowest BCUT2D eigenvalue weighted by atomic mass is 10.3. The zero-order valence-corrected chi connectivity index (χ0v) is 9.40. The zero-order valence-electron chi connectivity index (χ0n) is 8.58. The van der Waals surface area contributed by atoms with Gasteiger partial charge in [-0.2, -0.15) is 4.39 Å². The molecule has 0 bridgehead atoms. The number of benzene rings is 1. The maximum Gasteiger partial charge on any atom is 0.318 e. The van der Waals surface area contributed by atoms with Crippen molar-refractivity contribution in [3.8, 4) is 0 Å². The van der Waals surface area contributed by atoms with Gasteiger partial charge < -0.3 is 4.42 Å². The van der Waals surface area contributed by atoms with Gasteiger partial charge in [0.15, 0.2) is 0 Å². The lowest BCUT2D eigenvalue weighted by Gasteiger charge is -1.99. The van der Waals surface area contributed by atoms with Gasteiger partial charge >= 0.3 is 5.69 Å². The molecule has 6 nitrogen and oxygen atoms in total. The molecule has 1 aromatic heterocycles. The number of para-hydroxylation sites is 1. The molecule has 0 unspecified atom stereocenters. The summed E-state index contributed by atoms with van der Waals surface area (Å²) >= 11 is 0.856.